The molecule has 1 unspecified atom stereocenters. The number of pyridine rings is 1. The number of fused-ring (bicyclic) bond motifs is 1. The second-order valence-corrected chi connectivity index (χ2v) is 7.24. The van der Waals surface area contributed by atoms with Crippen molar-refractivity contribution in [2.24, 2.45) is 0 Å². The smallest absolute Gasteiger partial charge is 0.232 e. The van der Waals surface area contributed by atoms with Gasteiger partial charge in [0, 0.05) is 42.4 Å². The molecule has 132 valence electrons. The second-order valence-electron chi connectivity index (χ2n) is 7.24. The van der Waals surface area contributed by atoms with Gasteiger partial charge in [0.15, 0.2) is 0 Å². The third kappa shape index (κ3) is 2.57. The van der Waals surface area contributed by atoms with Crippen LogP contribution in [0.3, 0.4) is 0 Å². The number of aromatic nitrogens is 3. The Hall–Kier alpha value is -2.76. The second kappa shape index (κ2) is 6.20. The first kappa shape index (κ1) is 15.5. The van der Waals surface area contributed by atoms with Crippen LogP contribution in [-0.4, -0.2) is 38.5 Å². The summed E-state index contributed by atoms with van der Waals surface area (Å²) in [7, 11) is 0. The first-order valence-electron chi connectivity index (χ1n) is 9.26. The van der Waals surface area contributed by atoms with Gasteiger partial charge in [-0.25, -0.2) is 0 Å². The van der Waals surface area contributed by atoms with Crippen LogP contribution in [0.2, 0.25) is 0 Å². The summed E-state index contributed by atoms with van der Waals surface area (Å²) in [6.07, 6.45) is 8.75. The van der Waals surface area contributed by atoms with Crippen LogP contribution < -0.4 is 0 Å². The molecule has 5 rings (SSSR count). The van der Waals surface area contributed by atoms with Gasteiger partial charge in [-0.3, -0.25) is 9.78 Å². The van der Waals surface area contributed by atoms with E-state index < -0.39 is 0 Å². The highest BCUT2D eigenvalue weighted by Crippen LogP contribution is 2.34. The van der Waals surface area contributed by atoms with Crippen LogP contribution in [0.4, 0.5) is 0 Å². The largest absolute Gasteiger partial charge is 0.339 e. The van der Waals surface area contributed by atoms with Crippen molar-refractivity contribution in [3.63, 3.8) is 0 Å². The molecule has 6 heteroatoms. The Kier molecular flexibility index (Phi) is 3.69. The first-order chi connectivity index (χ1) is 12.8. The van der Waals surface area contributed by atoms with E-state index in [1.54, 1.807) is 6.20 Å². The van der Waals surface area contributed by atoms with Crippen molar-refractivity contribution in [1.29, 1.82) is 0 Å². The summed E-state index contributed by atoms with van der Waals surface area (Å²) >= 11 is 0. The minimum absolute atomic E-state index is 0.000920. The normalized spacial score (nSPS) is 21.2. The van der Waals surface area contributed by atoms with E-state index in [2.05, 4.69) is 15.1 Å². The van der Waals surface area contributed by atoms with Crippen LogP contribution in [0, 0.1) is 0 Å². The highest BCUT2D eigenvalue weighted by Gasteiger charge is 2.38. The number of hydrogen-bond acceptors (Lipinski definition) is 5. The molecule has 3 heterocycles. The SMILES string of the molecule is O=C1CC(c2nc(-c3cccc4cnccc34)no2)CN1C1CCCC1. The number of hydrogen-bond donors (Lipinski definition) is 0. The lowest BCUT2D eigenvalue weighted by Crippen LogP contribution is -2.34. The van der Waals surface area contributed by atoms with E-state index in [1.807, 2.05) is 35.4 Å². The minimum Gasteiger partial charge on any atom is -0.339 e. The predicted octanol–water partition coefficient (Wildman–Crippen LogP) is 3.54. The number of rotatable bonds is 3. The maximum absolute atomic E-state index is 12.4. The maximum Gasteiger partial charge on any atom is 0.232 e. The van der Waals surface area contributed by atoms with Crippen LogP contribution in [0.25, 0.3) is 22.2 Å². The Morgan fingerprint density at radius 1 is 1.15 bits per heavy atom. The van der Waals surface area contributed by atoms with Gasteiger partial charge >= 0.3 is 0 Å². The van der Waals surface area contributed by atoms with Crippen molar-refractivity contribution in [2.45, 2.75) is 44.1 Å². The van der Waals surface area contributed by atoms with Crippen LogP contribution in [0.15, 0.2) is 41.2 Å². The molecule has 0 N–H and O–H groups in total. The van der Waals surface area contributed by atoms with Crippen LogP contribution >= 0.6 is 0 Å². The summed E-state index contributed by atoms with van der Waals surface area (Å²) < 4.78 is 5.56. The van der Waals surface area contributed by atoms with Gasteiger partial charge in [0.05, 0.1) is 5.92 Å². The molecule has 1 saturated heterocycles. The number of amides is 1. The Balaban J connectivity index is 1.43. The Bertz CT molecular complexity index is 956. The highest BCUT2D eigenvalue weighted by atomic mass is 16.5. The van der Waals surface area contributed by atoms with Crippen molar-refractivity contribution in [1.82, 2.24) is 20.0 Å². The first-order valence-corrected chi connectivity index (χ1v) is 9.26. The molecule has 1 aliphatic heterocycles. The molecule has 1 aromatic carbocycles. The van der Waals surface area contributed by atoms with Crippen molar-refractivity contribution >= 4 is 16.7 Å². The van der Waals surface area contributed by atoms with E-state index in [0.29, 0.717) is 30.7 Å². The molecule has 0 radical (unpaired) electrons. The zero-order valence-corrected chi connectivity index (χ0v) is 14.5. The van der Waals surface area contributed by atoms with Crippen molar-refractivity contribution in [2.75, 3.05) is 6.54 Å². The van der Waals surface area contributed by atoms with Crippen LogP contribution in [0.1, 0.15) is 43.9 Å². The summed E-state index contributed by atoms with van der Waals surface area (Å²) in [5, 5.41) is 6.28. The van der Waals surface area contributed by atoms with E-state index in [1.165, 1.54) is 12.8 Å². The van der Waals surface area contributed by atoms with E-state index >= 15 is 0 Å². The molecule has 1 amide bonds. The van der Waals surface area contributed by atoms with Crippen molar-refractivity contribution in [3.05, 3.63) is 42.5 Å². The third-order valence-corrected chi connectivity index (χ3v) is 5.64. The lowest BCUT2D eigenvalue weighted by molar-refractivity contribution is -0.129. The molecule has 0 bridgehead atoms. The third-order valence-electron chi connectivity index (χ3n) is 5.64. The van der Waals surface area contributed by atoms with E-state index in [4.69, 9.17) is 4.52 Å². The van der Waals surface area contributed by atoms with Gasteiger partial charge in [-0.15, -0.1) is 0 Å². The van der Waals surface area contributed by atoms with E-state index in [0.717, 1.165) is 29.2 Å². The zero-order valence-electron chi connectivity index (χ0n) is 14.5. The predicted molar refractivity (Wildman–Crippen MR) is 96.4 cm³/mol. The summed E-state index contributed by atoms with van der Waals surface area (Å²) in [6.45, 7) is 0.699. The topological polar surface area (TPSA) is 72.1 Å². The molecule has 0 spiro atoms. The Morgan fingerprint density at radius 3 is 2.92 bits per heavy atom. The lowest BCUT2D eigenvalue weighted by atomic mass is 10.1. The van der Waals surface area contributed by atoms with E-state index in [-0.39, 0.29) is 11.8 Å². The van der Waals surface area contributed by atoms with Gasteiger partial charge in [-0.05, 0) is 24.3 Å². The van der Waals surface area contributed by atoms with Gasteiger partial charge in [-0.2, -0.15) is 4.98 Å². The average molecular weight is 348 g/mol. The number of carbonyl (C=O) groups excluding carboxylic acids is 1. The molecular weight excluding hydrogens is 328 g/mol. The molecule has 2 aromatic heterocycles. The van der Waals surface area contributed by atoms with Gasteiger partial charge in [0.2, 0.25) is 17.6 Å². The molecule has 26 heavy (non-hydrogen) atoms. The fourth-order valence-corrected chi connectivity index (χ4v) is 4.29. The molecule has 1 saturated carbocycles. The maximum atomic E-state index is 12.4. The molecule has 1 aliphatic carbocycles. The fraction of sp³-hybridized carbons (Fsp3) is 0.400. The van der Waals surface area contributed by atoms with Crippen LogP contribution in [-0.2, 0) is 4.79 Å². The molecule has 2 fully saturated rings. The van der Waals surface area contributed by atoms with Crippen LogP contribution in [0.5, 0.6) is 0 Å². The summed E-state index contributed by atoms with van der Waals surface area (Å²) in [5.41, 5.74) is 0.928. The molecule has 2 aliphatic rings. The number of benzene rings is 1. The van der Waals surface area contributed by atoms with Gasteiger partial charge in [-0.1, -0.05) is 36.2 Å². The summed E-state index contributed by atoms with van der Waals surface area (Å²) in [6, 6.07) is 8.34. The van der Waals surface area contributed by atoms with Crippen molar-refractivity contribution < 1.29 is 9.32 Å². The molecule has 6 nitrogen and oxygen atoms in total. The molecular formula is C20H20N4O2. The monoisotopic (exact) mass is 348 g/mol. The summed E-state index contributed by atoms with van der Waals surface area (Å²) in [4.78, 5) is 23.3. The van der Waals surface area contributed by atoms with E-state index in [9.17, 15) is 4.79 Å². The lowest BCUT2D eigenvalue weighted by Gasteiger charge is -2.23. The molecule has 3 aromatic rings. The molecule has 1 atom stereocenters. The summed E-state index contributed by atoms with van der Waals surface area (Å²) in [5.74, 6) is 1.36. The fourth-order valence-electron chi connectivity index (χ4n) is 4.29. The highest BCUT2D eigenvalue weighted by molar-refractivity contribution is 5.94. The number of likely N-dealkylation sites (tertiary alicyclic amines) is 1. The Morgan fingerprint density at radius 2 is 2.04 bits per heavy atom. The van der Waals surface area contributed by atoms with Gasteiger partial charge in [0.1, 0.15) is 0 Å². The minimum atomic E-state index is 0.000920. The van der Waals surface area contributed by atoms with Gasteiger partial charge < -0.3 is 9.42 Å². The Labute approximate surface area is 151 Å². The quantitative estimate of drug-likeness (QED) is 0.724. The number of carbonyl (C=O) groups is 1. The average Bonchev–Trinajstić information content (AvgIpc) is 3.41. The van der Waals surface area contributed by atoms with Crippen molar-refractivity contribution in [3.8, 4) is 11.4 Å². The number of nitrogens with zero attached hydrogens (tertiary/aromatic N) is 4. The van der Waals surface area contributed by atoms with Gasteiger partial charge in [0.25, 0.3) is 0 Å². The standard InChI is InChI=1S/C20H20N4O2/c25-18-10-14(12-24(18)15-5-1-2-6-15)20-22-19(23-26-20)17-7-3-4-13-11-21-9-8-16(13)17/h3-4,7-9,11,14-15H,1-2,5-6,10,12H2. The zero-order chi connectivity index (χ0) is 17.5.